The van der Waals surface area contributed by atoms with E-state index < -0.39 is 10.0 Å². The normalized spacial score (nSPS) is 11.4. The first kappa shape index (κ1) is 20.9. The van der Waals surface area contributed by atoms with Gasteiger partial charge in [0.25, 0.3) is 0 Å². The average Bonchev–Trinajstić information content (AvgIpc) is 2.63. The molecule has 2 aromatic carbocycles. The van der Waals surface area contributed by atoms with Crippen LogP contribution in [-0.4, -0.2) is 38.3 Å². The number of aryl methyl sites for hydroxylation is 2. The van der Waals surface area contributed by atoms with Crippen LogP contribution >= 0.6 is 0 Å². The molecular weight excluding hydrogens is 364 g/mol. The minimum absolute atomic E-state index is 0.131. The maximum atomic E-state index is 12.8. The van der Waals surface area contributed by atoms with E-state index in [1.165, 1.54) is 12.1 Å². The Kier molecular flexibility index (Phi) is 6.98. The fourth-order valence-electron chi connectivity index (χ4n) is 2.57. The Balaban J connectivity index is 2.11. The molecule has 0 saturated carbocycles. The molecule has 0 bridgehead atoms. The fourth-order valence-corrected chi connectivity index (χ4v) is 3.98. The molecule has 0 aliphatic carbocycles. The van der Waals surface area contributed by atoms with E-state index in [4.69, 9.17) is 4.74 Å². The van der Waals surface area contributed by atoms with Crippen molar-refractivity contribution >= 4 is 21.6 Å². The number of nitrogens with zero attached hydrogens (tertiary/aromatic N) is 1. The fraction of sp³-hybridized carbons (Fsp3) is 0.350. The van der Waals surface area contributed by atoms with Crippen LogP contribution in [0.2, 0.25) is 0 Å². The van der Waals surface area contributed by atoms with Gasteiger partial charge in [0.15, 0.2) is 0 Å². The molecule has 1 N–H and O–H groups in total. The number of likely N-dealkylation sites (N-methyl/N-ethyl adjacent to an activating group) is 1. The lowest BCUT2D eigenvalue weighted by atomic mass is 10.1. The summed E-state index contributed by atoms with van der Waals surface area (Å²) in [5, 5.41) is 2.76. The summed E-state index contributed by atoms with van der Waals surface area (Å²) in [5.74, 6) is 0.224. The highest BCUT2D eigenvalue weighted by Gasteiger charge is 2.25. The summed E-state index contributed by atoms with van der Waals surface area (Å²) in [7, 11) is -3.77. The summed E-state index contributed by atoms with van der Waals surface area (Å²) >= 11 is 0. The number of benzene rings is 2. The van der Waals surface area contributed by atoms with Gasteiger partial charge in [-0.2, -0.15) is 4.31 Å². The van der Waals surface area contributed by atoms with Crippen molar-refractivity contribution in [1.29, 1.82) is 0 Å². The Morgan fingerprint density at radius 3 is 2.26 bits per heavy atom. The molecule has 0 fully saturated rings. The van der Waals surface area contributed by atoms with E-state index in [2.05, 4.69) is 5.32 Å². The van der Waals surface area contributed by atoms with Crippen LogP contribution in [0.25, 0.3) is 0 Å². The number of carbonyl (C=O) groups excluding carboxylic acids is 1. The Bertz CT molecular complexity index is 893. The van der Waals surface area contributed by atoms with Crippen LogP contribution in [-0.2, 0) is 14.8 Å². The maximum absolute atomic E-state index is 12.8. The lowest BCUT2D eigenvalue weighted by molar-refractivity contribution is -0.116. The van der Waals surface area contributed by atoms with Gasteiger partial charge in [-0.15, -0.1) is 0 Å². The van der Waals surface area contributed by atoms with Gasteiger partial charge in [0.2, 0.25) is 15.9 Å². The summed E-state index contributed by atoms with van der Waals surface area (Å²) in [4.78, 5) is 12.5. The van der Waals surface area contributed by atoms with Gasteiger partial charge in [0, 0.05) is 12.2 Å². The molecule has 146 valence electrons. The van der Waals surface area contributed by atoms with Crippen molar-refractivity contribution in [2.45, 2.75) is 32.6 Å². The first-order valence-corrected chi connectivity index (χ1v) is 10.3. The Morgan fingerprint density at radius 2 is 1.70 bits per heavy atom. The number of amides is 1. The molecule has 0 heterocycles. The van der Waals surface area contributed by atoms with Crippen LogP contribution in [0, 0.1) is 13.8 Å². The molecule has 27 heavy (non-hydrogen) atoms. The van der Waals surface area contributed by atoms with Crippen LogP contribution in [0.4, 0.5) is 5.69 Å². The smallest absolute Gasteiger partial charge is 0.243 e. The average molecular weight is 391 g/mol. The molecule has 0 aliphatic rings. The third kappa shape index (κ3) is 5.30. The second-order valence-corrected chi connectivity index (χ2v) is 8.12. The number of hydrogen-bond acceptors (Lipinski definition) is 4. The third-order valence-corrected chi connectivity index (χ3v) is 6.17. The highest BCUT2D eigenvalue weighted by Crippen LogP contribution is 2.20. The number of carbonyl (C=O) groups is 1. The Hall–Kier alpha value is -2.38. The summed E-state index contributed by atoms with van der Waals surface area (Å²) in [6.45, 7) is 7.95. The molecule has 1 amide bonds. The van der Waals surface area contributed by atoms with Crippen molar-refractivity contribution < 1.29 is 17.9 Å². The van der Waals surface area contributed by atoms with Gasteiger partial charge < -0.3 is 10.1 Å². The lowest BCUT2D eigenvalue weighted by Crippen LogP contribution is -2.37. The zero-order chi connectivity index (χ0) is 20.0. The van der Waals surface area contributed by atoms with Gasteiger partial charge in [-0.3, -0.25) is 4.79 Å². The van der Waals surface area contributed by atoms with Crippen LogP contribution in [0.15, 0.2) is 47.4 Å². The second kappa shape index (κ2) is 9.01. The molecule has 0 aliphatic heterocycles. The largest absolute Gasteiger partial charge is 0.494 e. The molecule has 0 atom stereocenters. The van der Waals surface area contributed by atoms with Crippen molar-refractivity contribution in [3.63, 3.8) is 0 Å². The maximum Gasteiger partial charge on any atom is 0.243 e. The molecular formula is C20H26N2O4S. The Labute approximate surface area is 161 Å². The van der Waals surface area contributed by atoms with Gasteiger partial charge in [-0.1, -0.05) is 13.0 Å². The summed E-state index contributed by atoms with van der Waals surface area (Å²) in [5.41, 5.74) is 2.83. The summed E-state index contributed by atoms with van der Waals surface area (Å²) in [6.07, 6.45) is 0. The number of sulfonamides is 1. The SMILES string of the molecule is CCOc1ccc(S(=O)(=O)N(CC)CC(=O)Nc2ccc(C)c(C)c2)cc1. The van der Waals surface area contributed by atoms with E-state index in [0.29, 0.717) is 18.0 Å². The number of hydrogen-bond donors (Lipinski definition) is 1. The van der Waals surface area contributed by atoms with Gasteiger partial charge in [0.1, 0.15) is 5.75 Å². The molecule has 0 unspecified atom stereocenters. The van der Waals surface area contributed by atoms with Gasteiger partial charge in [-0.05, 0) is 68.3 Å². The molecule has 0 spiro atoms. The van der Waals surface area contributed by atoms with E-state index in [1.54, 1.807) is 25.1 Å². The van der Waals surface area contributed by atoms with Crippen LogP contribution in [0.1, 0.15) is 25.0 Å². The van der Waals surface area contributed by atoms with Crippen LogP contribution in [0.3, 0.4) is 0 Å². The van der Waals surface area contributed by atoms with Crippen LogP contribution in [0.5, 0.6) is 5.75 Å². The highest BCUT2D eigenvalue weighted by atomic mass is 32.2. The van der Waals surface area contributed by atoms with E-state index in [-0.39, 0.29) is 23.9 Å². The summed E-state index contributed by atoms with van der Waals surface area (Å²) < 4.78 is 32.1. The van der Waals surface area contributed by atoms with Crippen LogP contribution < -0.4 is 10.1 Å². The number of ether oxygens (including phenoxy) is 1. The van der Waals surface area contributed by atoms with Gasteiger partial charge in [0.05, 0.1) is 18.0 Å². The monoisotopic (exact) mass is 390 g/mol. The zero-order valence-electron chi connectivity index (χ0n) is 16.2. The predicted octanol–water partition coefficient (Wildman–Crippen LogP) is 3.35. The van der Waals surface area contributed by atoms with E-state index >= 15 is 0 Å². The van der Waals surface area contributed by atoms with Crippen molar-refractivity contribution in [2.75, 3.05) is 25.0 Å². The van der Waals surface area contributed by atoms with Gasteiger partial charge in [-0.25, -0.2) is 8.42 Å². The zero-order valence-corrected chi connectivity index (χ0v) is 17.0. The van der Waals surface area contributed by atoms with Gasteiger partial charge >= 0.3 is 0 Å². The first-order chi connectivity index (χ1) is 12.8. The van der Waals surface area contributed by atoms with Crippen molar-refractivity contribution in [1.82, 2.24) is 4.31 Å². The number of nitrogens with one attached hydrogen (secondary N) is 1. The quantitative estimate of drug-likeness (QED) is 0.750. The van der Waals surface area contributed by atoms with Crippen molar-refractivity contribution in [3.8, 4) is 5.75 Å². The highest BCUT2D eigenvalue weighted by molar-refractivity contribution is 7.89. The molecule has 6 nitrogen and oxygen atoms in total. The molecule has 2 rings (SSSR count). The summed E-state index contributed by atoms with van der Waals surface area (Å²) in [6, 6.07) is 11.8. The predicted molar refractivity (Wildman–Crippen MR) is 107 cm³/mol. The molecule has 0 radical (unpaired) electrons. The van der Waals surface area contributed by atoms with E-state index in [9.17, 15) is 13.2 Å². The number of rotatable bonds is 8. The minimum atomic E-state index is -3.77. The van der Waals surface area contributed by atoms with Crippen molar-refractivity contribution in [2.24, 2.45) is 0 Å². The molecule has 2 aromatic rings. The topological polar surface area (TPSA) is 75.7 Å². The Morgan fingerprint density at radius 1 is 1.04 bits per heavy atom. The lowest BCUT2D eigenvalue weighted by Gasteiger charge is -2.20. The van der Waals surface area contributed by atoms with Crippen molar-refractivity contribution in [3.05, 3.63) is 53.6 Å². The number of anilines is 1. The molecule has 7 heteroatoms. The molecule has 0 saturated heterocycles. The van der Waals surface area contributed by atoms with E-state index in [0.717, 1.165) is 15.4 Å². The second-order valence-electron chi connectivity index (χ2n) is 6.18. The standard InChI is InChI=1S/C20H26N2O4S/c1-5-22(14-20(23)21-17-8-7-15(3)16(4)13-17)27(24,25)19-11-9-18(10-12-19)26-6-2/h7-13H,5-6,14H2,1-4H3,(H,21,23). The minimum Gasteiger partial charge on any atom is -0.494 e. The van der Waals surface area contributed by atoms with E-state index in [1.807, 2.05) is 32.9 Å². The third-order valence-electron chi connectivity index (χ3n) is 4.24. The molecule has 0 aromatic heterocycles. The first-order valence-electron chi connectivity index (χ1n) is 8.88.